The first-order valence-corrected chi connectivity index (χ1v) is 9.26. The molecule has 1 aromatic heterocycles. The number of hydrogen-bond donors (Lipinski definition) is 4. The van der Waals surface area contributed by atoms with Crippen molar-refractivity contribution in [1.29, 1.82) is 0 Å². The van der Waals surface area contributed by atoms with Crippen molar-refractivity contribution in [2.24, 2.45) is 5.10 Å². The summed E-state index contributed by atoms with van der Waals surface area (Å²) in [4.78, 5) is 24.1. The van der Waals surface area contributed by atoms with Gasteiger partial charge in [-0.2, -0.15) is 5.10 Å². The molecule has 3 rings (SSSR count). The molecule has 0 spiro atoms. The van der Waals surface area contributed by atoms with Crippen LogP contribution in [0.2, 0.25) is 0 Å². The maximum absolute atomic E-state index is 12.2. The molecule has 2 aromatic carbocycles. The van der Waals surface area contributed by atoms with Crippen LogP contribution >= 0.6 is 11.3 Å². The molecule has 0 unspecified atom stereocenters. The number of amides is 2. The van der Waals surface area contributed by atoms with Gasteiger partial charge in [0.1, 0.15) is 5.01 Å². The summed E-state index contributed by atoms with van der Waals surface area (Å²) in [5, 5.41) is 33.5. The van der Waals surface area contributed by atoms with Gasteiger partial charge >= 0.3 is 0 Å². The van der Waals surface area contributed by atoms with E-state index in [1.165, 1.54) is 24.4 Å². The second-order valence-corrected chi connectivity index (χ2v) is 7.10. The summed E-state index contributed by atoms with van der Waals surface area (Å²) in [6.07, 6.45) is 1.26. The maximum Gasteiger partial charge on any atom is 0.257 e. The first-order chi connectivity index (χ1) is 13.9. The molecule has 0 aliphatic carbocycles. The monoisotopic (exact) mass is 411 g/mol. The number of nitrogens with one attached hydrogen (secondary N) is 2. The minimum atomic E-state index is -0.420. The van der Waals surface area contributed by atoms with Crippen molar-refractivity contribution in [1.82, 2.24) is 15.6 Å². The largest absolute Gasteiger partial charge is 0.504 e. The fraction of sp³-hybridized carbons (Fsp3) is 0.105. The molecule has 0 saturated carbocycles. The quantitative estimate of drug-likeness (QED) is 0.279. The zero-order chi connectivity index (χ0) is 20.8. The van der Waals surface area contributed by atoms with Crippen LogP contribution in [0.15, 0.2) is 47.6 Å². The van der Waals surface area contributed by atoms with E-state index in [2.05, 4.69) is 26.0 Å². The molecule has 10 heteroatoms. The lowest BCUT2D eigenvalue weighted by Crippen LogP contribution is -2.19. The fourth-order valence-corrected chi connectivity index (χ4v) is 2.96. The molecular weight excluding hydrogens is 394 g/mol. The molecule has 9 nitrogen and oxygen atoms in total. The average Bonchev–Trinajstić information content (AvgIpc) is 3.11. The van der Waals surface area contributed by atoms with Crippen LogP contribution < -0.4 is 10.7 Å². The van der Waals surface area contributed by atoms with Gasteiger partial charge in [-0.05, 0) is 42.8 Å². The predicted octanol–water partition coefficient (Wildman–Crippen LogP) is 2.20. The highest BCUT2D eigenvalue weighted by atomic mass is 32.1. The molecule has 29 heavy (non-hydrogen) atoms. The Balaban J connectivity index is 1.51. The normalized spacial score (nSPS) is 10.8. The van der Waals surface area contributed by atoms with E-state index in [-0.39, 0.29) is 23.8 Å². The molecule has 2 amide bonds. The fourth-order valence-electron chi connectivity index (χ4n) is 2.23. The van der Waals surface area contributed by atoms with Gasteiger partial charge in [0, 0.05) is 5.56 Å². The molecule has 0 fully saturated rings. The van der Waals surface area contributed by atoms with Gasteiger partial charge < -0.3 is 10.2 Å². The second kappa shape index (κ2) is 8.93. The molecule has 0 saturated heterocycles. The summed E-state index contributed by atoms with van der Waals surface area (Å²) < 4.78 is 0. The zero-order valence-corrected chi connectivity index (χ0v) is 16.1. The van der Waals surface area contributed by atoms with Gasteiger partial charge in [-0.1, -0.05) is 29.0 Å². The van der Waals surface area contributed by atoms with E-state index in [0.717, 1.165) is 16.9 Å². The number of aromatic nitrogens is 2. The lowest BCUT2D eigenvalue weighted by atomic mass is 10.1. The molecular formula is C19H17N5O4S. The highest BCUT2D eigenvalue weighted by Crippen LogP contribution is 2.24. The Labute approximate surface area is 169 Å². The molecule has 0 aliphatic heterocycles. The summed E-state index contributed by atoms with van der Waals surface area (Å²) in [5.74, 6) is -1.25. The van der Waals surface area contributed by atoms with Gasteiger partial charge in [-0.15, -0.1) is 10.2 Å². The number of benzene rings is 2. The van der Waals surface area contributed by atoms with Crippen molar-refractivity contribution < 1.29 is 19.8 Å². The van der Waals surface area contributed by atoms with Crippen LogP contribution in [-0.4, -0.2) is 38.4 Å². The third kappa shape index (κ3) is 5.59. The molecule has 0 bridgehead atoms. The molecule has 0 radical (unpaired) electrons. The first kappa shape index (κ1) is 20.0. The molecule has 0 atom stereocenters. The Bertz CT molecular complexity index is 1060. The molecule has 148 valence electrons. The number of nitrogens with zero attached hydrogens (tertiary/aromatic N) is 3. The van der Waals surface area contributed by atoms with Gasteiger partial charge in [-0.25, -0.2) is 5.43 Å². The Hall–Kier alpha value is -3.79. The molecule has 0 aliphatic rings. The van der Waals surface area contributed by atoms with E-state index >= 15 is 0 Å². The average molecular weight is 411 g/mol. The summed E-state index contributed by atoms with van der Waals surface area (Å²) in [5.41, 5.74) is 4.38. The standard InChI is InChI=1S/C19H17N5O4S/c1-11-2-5-13(6-3-11)18(28)21-19-24-23-17(29-19)9-16(27)22-20-10-12-4-7-14(25)15(26)8-12/h2-8,10,25-26H,9H2,1H3,(H,22,27)(H,21,24,28)/b20-10+. The summed E-state index contributed by atoms with van der Waals surface area (Å²) >= 11 is 1.09. The number of rotatable bonds is 6. The van der Waals surface area contributed by atoms with Gasteiger partial charge in [0.2, 0.25) is 11.0 Å². The van der Waals surface area contributed by atoms with Crippen LogP contribution in [-0.2, 0) is 11.2 Å². The molecule has 3 aromatic rings. The van der Waals surface area contributed by atoms with Gasteiger partial charge in [0.05, 0.1) is 12.6 Å². The number of aromatic hydroxyl groups is 2. The van der Waals surface area contributed by atoms with Crippen molar-refractivity contribution in [2.45, 2.75) is 13.3 Å². The van der Waals surface area contributed by atoms with Crippen LogP contribution in [0.1, 0.15) is 26.5 Å². The van der Waals surface area contributed by atoms with E-state index in [1.807, 2.05) is 19.1 Å². The zero-order valence-electron chi connectivity index (χ0n) is 15.3. The number of anilines is 1. The highest BCUT2D eigenvalue weighted by molar-refractivity contribution is 7.15. The molecule has 1 heterocycles. The maximum atomic E-state index is 12.2. The Morgan fingerprint density at radius 2 is 1.86 bits per heavy atom. The van der Waals surface area contributed by atoms with Gasteiger partial charge in [0.25, 0.3) is 5.91 Å². The van der Waals surface area contributed by atoms with E-state index in [9.17, 15) is 19.8 Å². The lowest BCUT2D eigenvalue weighted by Gasteiger charge is -2.01. The van der Waals surface area contributed by atoms with E-state index in [4.69, 9.17) is 0 Å². The van der Waals surface area contributed by atoms with Crippen molar-refractivity contribution in [2.75, 3.05) is 5.32 Å². The van der Waals surface area contributed by atoms with Crippen molar-refractivity contribution in [3.05, 3.63) is 64.2 Å². The third-order valence-electron chi connectivity index (χ3n) is 3.72. The van der Waals surface area contributed by atoms with Crippen molar-refractivity contribution >= 4 is 34.5 Å². The van der Waals surface area contributed by atoms with Crippen LogP contribution in [0.4, 0.5) is 5.13 Å². The number of carbonyl (C=O) groups excluding carboxylic acids is 2. The smallest absolute Gasteiger partial charge is 0.257 e. The van der Waals surface area contributed by atoms with Gasteiger partial charge in [0.15, 0.2) is 11.5 Å². The number of hydrogen-bond acceptors (Lipinski definition) is 8. The first-order valence-electron chi connectivity index (χ1n) is 8.45. The SMILES string of the molecule is Cc1ccc(C(=O)Nc2nnc(CC(=O)N/N=C/c3ccc(O)c(O)c3)s2)cc1. The third-order valence-corrected chi connectivity index (χ3v) is 4.55. The predicted molar refractivity (Wildman–Crippen MR) is 108 cm³/mol. The number of aryl methyl sites for hydroxylation is 1. The summed E-state index contributed by atoms with van der Waals surface area (Å²) in [6.45, 7) is 1.93. The van der Waals surface area contributed by atoms with E-state index in [1.54, 1.807) is 12.1 Å². The topological polar surface area (TPSA) is 137 Å². The van der Waals surface area contributed by atoms with Crippen molar-refractivity contribution in [3.63, 3.8) is 0 Å². The summed E-state index contributed by atoms with van der Waals surface area (Å²) in [7, 11) is 0. The number of phenolic OH excluding ortho intramolecular Hbond substituents is 2. The van der Waals surface area contributed by atoms with Crippen LogP contribution in [0, 0.1) is 6.92 Å². The Morgan fingerprint density at radius 3 is 2.59 bits per heavy atom. The number of carbonyl (C=O) groups is 2. The minimum Gasteiger partial charge on any atom is -0.504 e. The minimum absolute atomic E-state index is 0.0593. The summed E-state index contributed by atoms with van der Waals surface area (Å²) in [6, 6.07) is 11.2. The number of phenols is 2. The molecule has 4 N–H and O–H groups in total. The van der Waals surface area contributed by atoms with Crippen LogP contribution in [0.25, 0.3) is 0 Å². The van der Waals surface area contributed by atoms with Crippen LogP contribution in [0.5, 0.6) is 11.5 Å². The Kier molecular flexibility index (Phi) is 6.15. The van der Waals surface area contributed by atoms with Gasteiger partial charge in [-0.3, -0.25) is 14.9 Å². The number of hydrazone groups is 1. The second-order valence-electron chi connectivity index (χ2n) is 6.04. The van der Waals surface area contributed by atoms with E-state index < -0.39 is 5.91 Å². The highest BCUT2D eigenvalue weighted by Gasteiger charge is 2.12. The van der Waals surface area contributed by atoms with Crippen LogP contribution in [0.3, 0.4) is 0 Å². The lowest BCUT2D eigenvalue weighted by molar-refractivity contribution is -0.120. The van der Waals surface area contributed by atoms with E-state index in [0.29, 0.717) is 21.3 Å². The van der Waals surface area contributed by atoms with Crippen molar-refractivity contribution in [3.8, 4) is 11.5 Å². The Morgan fingerprint density at radius 1 is 1.10 bits per heavy atom.